The van der Waals surface area contributed by atoms with E-state index in [9.17, 15) is 0 Å². The predicted molar refractivity (Wildman–Crippen MR) is 144 cm³/mol. The van der Waals surface area contributed by atoms with Crippen LogP contribution in [0.4, 0.5) is 0 Å². The number of rotatable bonds is 5. The van der Waals surface area contributed by atoms with Crippen molar-refractivity contribution in [3.63, 3.8) is 0 Å². The normalized spacial score (nSPS) is 17.7. The molecule has 3 unspecified atom stereocenters. The molecule has 178 valence electrons. The van der Waals surface area contributed by atoms with Crippen LogP contribution in [0.15, 0.2) is 114 Å². The Balaban J connectivity index is 0.00000152. The second-order valence-corrected chi connectivity index (χ2v) is 15.9. The van der Waals surface area contributed by atoms with Gasteiger partial charge in [0.1, 0.15) is 0 Å². The minimum absolute atomic E-state index is 0. The molecule has 0 aromatic heterocycles. The van der Waals surface area contributed by atoms with Crippen LogP contribution in [0.25, 0.3) is 22.5 Å². The van der Waals surface area contributed by atoms with Gasteiger partial charge in [0.05, 0.1) is 0 Å². The van der Waals surface area contributed by atoms with Crippen molar-refractivity contribution in [2.45, 2.75) is 21.2 Å². The molecule has 4 aromatic rings. The average Bonchev–Trinajstić information content (AvgIpc) is 3.34. The van der Waals surface area contributed by atoms with E-state index in [2.05, 4.69) is 123 Å². The Morgan fingerprint density at radius 3 is 1.97 bits per heavy atom. The molecule has 0 bridgehead atoms. The summed E-state index contributed by atoms with van der Waals surface area (Å²) in [6.07, 6.45) is 2.49. The number of hydrogen-bond acceptors (Lipinski definition) is 0. The van der Waals surface area contributed by atoms with E-state index in [1.807, 2.05) is 0 Å². The maximum Gasteiger partial charge on any atom is -1.00 e. The molecule has 0 amide bonds. The second-order valence-electron chi connectivity index (χ2n) is 9.23. The third-order valence-corrected chi connectivity index (χ3v) is 16.5. The monoisotopic (exact) mass is 692 g/mol. The van der Waals surface area contributed by atoms with Gasteiger partial charge in [-0.1, -0.05) is 0 Å². The van der Waals surface area contributed by atoms with Crippen LogP contribution in [0.5, 0.6) is 0 Å². The zero-order valence-electron chi connectivity index (χ0n) is 20.3. The molecule has 0 radical (unpaired) electrons. The fraction of sp³-hybridized carbons (Fsp3) is 0.125. The van der Waals surface area contributed by atoms with Crippen molar-refractivity contribution in [3.8, 4) is 11.1 Å². The summed E-state index contributed by atoms with van der Waals surface area (Å²) in [7, 11) is 0.737. The molecule has 3 atom stereocenters. The molecular weight excluding hydrogens is 665 g/mol. The van der Waals surface area contributed by atoms with Gasteiger partial charge in [-0.2, -0.15) is 0 Å². The number of halogens is 2. The number of hydrogen-bond donors (Lipinski definition) is 0. The van der Waals surface area contributed by atoms with Gasteiger partial charge in [0.2, 0.25) is 0 Å². The quantitative estimate of drug-likeness (QED) is 0.223. The Morgan fingerprint density at radius 2 is 1.22 bits per heavy atom. The Bertz CT molecular complexity index is 1430. The van der Waals surface area contributed by atoms with Crippen LogP contribution >= 0.6 is 8.58 Å². The third-order valence-electron chi connectivity index (χ3n) is 7.11. The third kappa shape index (κ3) is 5.01. The van der Waals surface area contributed by atoms with Crippen LogP contribution in [0.1, 0.15) is 43.5 Å². The van der Waals surface area contributed by atoms with Crippen molar-refractivity contribution in [1.82, 2.24) is 0 Å². The van der Waals surface area contributed by atoms with Crippen LogP contribution in [-0.4, -0.2) is 0 Å². The van der Waals surface area contributed by atoms with Crippen molar-refractivity contribution in [2.75, 3.05) is 0 Å². The van der Waals surface area contributed by atoms with Gasteiger partial charge in [0.25, 0.3) is 0 Å². The minimum atomic E-state index is -1.14. The summed E-state index contributed by atoms with van der Waals surface area (Å²) in [5.41, 5.74) is 12.1. The molecule has 0 fully saturated rings. The van der Waals surface area contributed by atoms with Crippen molar-refractivity contribution in [2.24, 2.45) is 0 Å². The van der Waals surface area contributed by atoms with Gasteiger partial charge in [-0.3, -0.25) is 0 Å². The summed E-state index contributed by atoms with van der Waals surface area (Å²) in [6, 6.07) is 38.1. The molecule has 4 heteroatoms. The topological polar surface area (TPSA) is 0 Å². The number of fused-ring (bicyclic) bond motifs is 2. The van der Waals surface area contributed by atoms with Crippen LogP contribution in [0, 0.1) is 0 Å². The predicted octanol–water partition coefficient (Wildman–Crippen LogP) is 2.39. The van der Waals surface area contributed by atoms with Gasteiger partial charge in [-0.15, -0.1) is 0 Å². The van der Waals surface area contributed by atoms with Crippen molar-refractivity contribution in [3.05, 3.63) is 137 Å². The molecule has 0 N–H and O–H groups in total. The van der Waals surface area contributed by atoms with E-state index in [1.165, 1.54) is 27.6 Å². The van der Waals surface area contributed by atoms with Crippen molar-refractivity contribution in [1.29, 1.82) is 0 Å². The first-order valence-electron chi connectivity index (χ1n) is 12.0. The Labute approximate surface area is 240 Å². The van der Waals surface area contributed by atoms with Gasteiger partial charge in [0.15, 0.2) is 0 Å². The molecule has 4 aromatic carbocycles. The molecule has 2 aliphatic carbocycles. The summed E-state index contributed by atoms with van der Waals surface area (Å²) in [5, 5.41) is 3.03. The SMILES string of the molecule is CC1=Cc2c(-c3ccccc3)cccc2[CH]1[Hf+2][CH]1C(C)=C(Pc2ccccc2)c2ccccc21.[Cl-].[Cl-]. The summed E-state index contributed by atoms with van der Waals surface area (Å²) >= 11 is -1.14. The Kier molecular flexibility index (Phi) is 8.90. The van der Waals surface area contributed by atoms with Crippen LogP contribution in [0.3, 0.4) is 0 Å². The van der Waals surface area contributed by atoms with E-state index in [0.29, 0.717) is 7.35 Å². The fourth-order valence-corrected chi connectivity index (χ4v) is 14.2. The van der Waals surface area contributed by atoms with E-state index < -0.39 is 22.9 Å². The standard InChI is InChI=1S/C16H14P.C16H13.2ClH.Hf/c1-12-11-13-7-5-6-10-15(13)16(12)17-14-8-3-2-4-9-14;1-12-10-14-8-5-9-15(16(14)11-12)13-6-3-2-4-7-13;;;/h2-11,17H,1H3;2-11H,1H3;2*1H;/q;;;;+2/p-2. The maximum atomic E-state index is 2.49. The van der Waals surface area contributed by atoms with Gasteiger partial charge in [-0.05, 0) is 0 Å². The summed E-state index contributed by atoms with van der Waals surface area (Å²) < 4.78 is 1.33. The van der Waals surface area contributed by atoms with Crippen LogP contribution in [0.2, 0.25) is 0 Å². The number of benzene rings is 4. The first-order valence-corrected chi connectivity index (χ1v) is 17.1. The molecule has 0 saturated heterocycles. The zero-order chi connectivity index (χ0) is 23.1. The van der Waals surface area contributed by atoms with Gasteiger partial charge >= 0.3 is 217 Å². The summed E-state index contributed by atoms with van der Waals surface area (Å²) in [4.78, 5) is 0. The second kappa shape index (κ2) is 11.7. The van der Waals surface area contributed by atoms with Crippen LogP contribution in [-0.2, 0) is 22.9 Å². The fourth-order valence-electron chi connectivity index (χ4n) is 5.42. The van der Waals surface area contributed by atoms with Crippen molar-refractivity contribution >= 4 is 25.3 Å². The molecule has 0 nitrogen and oxygen atoms in total. The zero-order valence-corrected chi connectivity index (χ0v) is 26.4. The molecule has 0 spiro atoms. The Morgan fingerprint density at radius 1 is 0.611 bits per heavy atom. The molecule has 2 aliphatic rings. The van der Waals surface area contributed by atoms with E-state index in [1.54, 1.807) is 27.6 Å². The molecule has 36 heavy (non-hydrogen) atoms. The van der Waals surface area contributed by atoms with Gasteiger partial charge in [0, 0.05) is 0 Å². The van der Waals surface area contributed by atoms with Gasteiger partial charge < -0.3 is 24.8 Å². The Hall–Kier alpha value is -1.76. The van der Waals surface area contributed by atoms with E-state index in [4.69, 9.17) is 0 Å². The molecule has 6 rings (SSSR count). The van der Waals surface area contributed by atoms with Crippen molar-refractivity contribution < 1.29 is 47.7 Å². The van der Waals surface area contributed by atoms with Gasteiger partial charge in [-0.25, -0.2) is 0 Å². The molecule has 0 saturated carbocycles. The molecule has 0 aliphatic heterocycles. The summed E-state index contributed by atoms with van der Waals surface area (Å²) in [6.45, 7) is 4.80. The summed E-state index contributed by atoms with van der Waals surface area (Å²) in [5.74, 6) is 0. The first kappa shape index (κ1) is 27.3. The van der Waals surface area contributed by atoms with E-state index in [-0.39, 0.29) is 24.8 Å². The van der Waals surface area contributed by atoms with E-state index >= 15 is 0 Å². The number of allylic oxidation sites excluding steroid dienone is 2. The first-order chi connectivity index (χ1) is 16.7. The maximum absolute atomic E-state index is 2.49. The van der Waals surface area contributed by atoms with E-state index in [0.717, 1.165) is 8.58 Å². The van der Waals surface area contributed by atoms with Crippen LogP contribution < -0.4 is 30.1 Å². The average molecular weight is 692 g/mol. The largest absolute Gasteiger partial charge is 1.00 e. The molecule has 0 heterocycles. The minimum Gasteiger partial charge on any atom is -1.00 e. The molecular formula is C32H27Cl2HfP. The smallest absolute Gasteiger partial charge is 1.00 e.